The maximum absolute atomic E-state index is 11.5. The molecule has 0 aromatic heterocycles. The van der Waals surface area contributed by atoms with Gasteiger partial charge in [0.1, 0.15) is 6.10 Å². The van der Waals surface area contributed by atoms with Gasteiger partial charge >= 0.3 is 0 Å². The SMILES string of the molecule is O=C(NC[C@H]1OC[C@@H](NC2COC2)[C@@H]1O)C1CC1. The number of rotatable bonds is 5. The topological polar surface area (TPSA) is 79.8 Å². The molecule has 3 N–H and O–H groups in total. The molecule has 3 fully saturated rings. The lowest BCUT2D eigenvalue weighted by atomic mass is 10.1. The van der Waals surface area contributed by atoms with Crippen molar-refractivity contribution in [1.82, 2.24) is 10.6 Å². The van der Waals surface area contributed by atoms with Crippen molar-refractivity contribution in [2.24, 2.45) is 5.92 Å². The summed E-state index contributed by atoms with van der Waals surface area (Å²) < 4.78 is 10.6. The summed E-state index contributed by atoms with van der Waals surface area (Å²) in [6, 6.07) is 0.273. The van der Waals surface area contributed by atoms with E-state index in [1.807, 2.05) is 0 Å². The molecule has 6 heteroatoms. The minimum Gasteiger partial charge on any atom is -0.389 e. The van der Waals surface area contributed by atoms with Crippen molar-refractivity contribution in [2.75, 3.05) is 26.4 Å². The van der Waals surface area contributed by atoms with Crippen LogP contribution in [0.1, 0.15) is 12.8 Å². The molecule has 0 bridgehead atoms. The number of aliphatic hydroxyl groups excluding tert-OH is 1. The van der Waals surface area contributed by atoms with E-state index in [4.69, 9.17) is 9.47 Å². The third-order valence-corrected chi connectivity index (χ3v) is 3.80. The molecule has 1 amide bonds. The number of hydrogen-bond acceptors (Lipinski definition) is 5. The van der Waals surface area contributed by atoms with Crippen LogP contribution in [0.3, 0.4) is 0 Å². The van der Waals surface area contributed by atoms with Crippen LogP contribution in [-0.2, 0) is 14.3 Å². The smallest absolute Gasteiger partial charge is 0.223 e. The number of nitrogens with one attached hydrogen (secondary N) is 2. The van der Waals surface area contributed by atoms with Gasteiger partial charge in [0.2, 0.25) is 5.91 Å². The Labute approximate surface area is 106 Å². The molecule has 3 aliphatic rings. The van der Waals surface area contributed by atoms with Gasteiger partial charge in [0, 0.05) is 12.5 Å². The maximum Gasteiger partial charge on any atom is 0.223 e. The second-order valence-electron chi connectivity index (χ2n) is 5.39. The largest absolute Gasteiger partial charge is 0.389 e. The summed E-state index contributed by atoms with van der Waals surface area (Å²) in [4.78, 5) is 11.5. The predicted molar refractivity (Wildman–Crippen MR) is 63.0 cm³/mol. The van der Waals surface area contributed by atoms with E-state index in [1.165, 1.54) is 0 Å². The van der Waals surface area contributed by atoms with Gasteiger partial charge < -0.3 is 25.2 Å². The van der Waals surface area contributed by atoms with Gasteiger partial charge in [-0.05, 0) is 12.8 Å². The first-order chi connectivity index (χ1) is 8.74. The second-order valence-corrected chi connectivity index (χ2v) is 5.39. The molecule has 3 atom stereocenters. The van der Waals surface area contributed by atoms with Crippen LogP contribution in [0.5, 0.6) is 0 Å². The standard InChI is InChI=1S/C12H20N2O4/c15-11-9(14-8-4-17-5-8)6-18-10(11)3-13-12(16)7-1-2-7/h7-11,14-15H,1-6H2,(H,13,16)/t9-,10-,11+/m1/s1. The first kappa shape index (κ1) is 12.3. The average Bonchev–Trinajstić information content (AvgIpc) is 3.08. The van der Waals surface area contributed by atoms with E-state index in [9.17, 15) is 9.90 Å². The average molecular weight is 256 g/mol. The Kier molecular flexibility index (Phi) is 3.52. The van der Waals surface area contributed by atoms with Crippen LogP contribution in [0.15, 0.2) is 0 Å². The number of carbonyl (C=O) groups is 1. The lowest BCUT2D eigenvalue weighted by Gasteiger charge is -2.30. The number of ether oxygens (including phenoxy) is 2. The van der Waals surface area contributed by atoms with Gasteiger partial charge in [-0.2, -0.15) is 0 Å². The molecular weight excluding hydrogens is 236 g/mol. The molecule has 0 spiro atoms. The highest BCUT2D eigenvalue weighted by Crippen LogP contribution is 2.28. The quantitative estimate of drug-likeness (QED) is 0.565. The zero-order valence-electron chi connectivity index (χ0n) is 10.3. The first-order valence-corrected chi connectivity index (χ1v) is 6.65. The van der Waals surface area contributed by atoms with Gasteiger partial charge in [0.15, 0.2) is 0 Å². The summed E-state index contributed by atoms with van der Waals surface area (Å²) in [5.41, 5.74) is 0. The van der Waals surface area contributed by atoms with Gasteiger partial charge in [-0.15, -0.1) is 0 Å². The van der Waals surface area contributed by atoms with Crippen LogP contribution in [0, 0.1) is 5.92 Å². The fourth-order valence-electron chi connectivity index (χ4n) is 2.34. The molecule has 0 unspecified atom stereocenters. The van der Waals surface area contributed by atoms with E-state index in [0.29, 0.717) is 32.4 Å². The Morgan fingerprint density at radius 3 is 2.67 bits per heavy atom. The van der Waals surface area contributed by atoms with Gasteiger partial charge in [0.05, 0.1) is 38.0 Å². The van der Waals surface area contributed by atoms with Crippen LogP contribution in [-0.4, -0.2) is 61.7 Å². The second kappa shape index (κ2) is 5.13. The van der Waals surface area contributed by atoms with Gasteiger partial charge in [-0.25, -0.2) is 0 Å². The summed E-state index contributed by atoms with van der Waals surface area (Å²) in [6.45, 7) is 2.29. The zero-order valence-corrected chi connectivity index (χ0v) is 10.3. The van der Waals surface area contributed by atoms with E-state index in [0.717, 1.165) is 12.8 Å². The highest BCUT2D eigenvalue weighted by molar-refractivity contribution is 5.80. The summed E-state index contributed by atoms with van der Waals surface area (Å²) in [5.74, 6) is 0.291. The third-order valence-electron chi connectivity index (χ3n) is 3.80. The van der Waals surface area contributed by atoms with E-state index in [1.54, 1.807) is 0 Å². The van der Waals surface area contributed by atoms with Crippen LogP contribution in [0.4, 0.5) is 0 Å². The minimum atomic E-state index is -0.565. The number of aliphatic hydroxyl groups is 1. The van der Waals surface area contributed by atoms with Crippen molar-refractivity contribution in [3.05, 3.63) is 0 Å². The van der Waals surface area contributed by atoms with E-state index in [2.05, 4.69) is 10.6 Å². The molecule has 3 rings (SSSR count). The Balaban J connectivity index is 1.41. The minimum absolute atomic E-state index is 0.0540. The molecule has 18 heavy (non-hydrogen) atoms. The zero-order chi connectivity index (χ0) is 12.5. The highest BCUT2D eigenvalue weighted by Gasteiger charge is 2.38. The lowest BCUT2D eigenvalue weighted by Crippen LogP contribution is -2.54. The normalized spacial score (nSPS) is 36.4. The molecule has 102 valence electrons. The number of amides is 1. The lowest BCUT2D eigenvalue weighted by molar-refractivity contribution is -0.123. The van der Waals surface area contributed by atoms with Crippen molar-refractivity contribution < 1.29 is 19.4 Å². The molecule has 6 nitrogen and oxygen atoms in total. The Morgan fingerprint density at radius 2 is 2.06 bits per heavy atom. The summed E-state index contributed by atoms with van der Waals surface area (Å²) in [6.07, 6.45) is 1.12. The summed E-state index contributed by atoms with van der Waals surface area (Å²) in [7, 11) is 0. The van der Waals surface area contributed by atoms with E-state index < -0.39 is 6.10 Å². The van der Waals surface area contributed by atoms with Crippen LogP contribution >= 0.6 is 0 Å². The Hall–Kier alpha value is -0.690. The number of hydrogen-bond donors (Lipinski definition) is 3. The fraction of sp³-hybridized carbons (Fsp3) is 0.917. The third kappa shape index (κ3) is 2.66. The monoisotopic (exact) mass is 256 g/mol. The molecule has 2 aliphatic heterocycles. The van der Waals surface area contributed by atoms with Crippen molar-refractivity contribution in [3.63, 3.8) is 0 Å². The van der Waals surface area contributed by atoms with Crippen LogP contribution in [0.25, 0.3) is 0 Å². The molecule has 0 aromatic carbocycles. The highest BCUT2D eigenvalue weighted by atomic mass is 16.5. The summed E-state index contributed by atoms with van der Waals surface area (Å²) >= 11 is 0. The van der Waals surface area contributed by atoms with Crippen LogP contribution < -0.4 is 10.6 Å². The van der Waals surface area contributed by atoms with Gasteiger partial charge in [-0.3, -0.25) is 4.79 Å². The molecule has 0 radical (unpaired) electrons. The molecule has 2 heterocycles. The number of carbonyl (C=O) groups excluding carboxylic acids is 1. The Bertz CT molecular complexity index is 317. The molecule has 1 aliphatic carbocycles. The summed E-state index contributed by atoms with van der Waals surface area (Å²) in [5, 5.41) is 16.3. The van der Waals surface area contributed by atoms with Crippen molar-refractivity contribution in [2.45, 2.75) is 37.1 Å². The maximum atomic E-state index is 11.5. The van der Waals surface area contributed by atoms with Crippen molar-refractivity contribution >= 4 is 5.91 Å². The van der Waals surface area contributed by atoms with Crippen molar-refractivity contribution in [1.29, 1.82) is 0 Å². The Morgan fingerprint density at radius 1 is 1.28 bits per heavy atom. The predicted octanol–water partition coefficient (Wildman–Crippen LogP) is -1.37. The van der Waals surface area contributed by atoms with E-state index in [-0.39, 0.29) is 24.0 Å². The first-order valence-electron chi connectivity index (χ1n) is 6.65. The molecular formula is C12H20N2O4. The van der Waals surface area contributed by atoms with Gasteiger partial charge in [0.25, 0.3) is 0 Å². The molecule has 1 saturated carbocycles. The molecule has 0 aromatic rings. The molecule has 2 saturated heterocycles. The van der Waals surface area contributed by atoms with Crippen molar-refractivity contribution in [3.8, 4) is 0 Å². The van der Waals surface area contributed by atoms with E-state index >= 15 is 0 Å². The van der Waals surface area contributed by atoms with Gasteiger partial charge in [-0.1, -0.05) is 0 Å². The van der Waals surface area contributed by atoms with Crippen LogP contribution in [0.2, 0.25) is 0 Å². The fourth-order valence-corrected chi connectivity index (χ4v) is 2.34.